The smallest absolute Gasteiger partial charge is 0.248 e. The predicted molar refractivity (Wildman–Crippen MR) is 70.3 cm³/mol. The number of methoxy groups -OCH3 is 1. The van der Waals surface area contributed by atoms with Crippen LogP contribution in [0.1, 0.15) is 49.5 Å². The van der Waals surface area contributed by atoms with Gasteiger partial charge in [0, 0.05) is 25.3 Å². The molecule has 0 aromatic carbocycles. The van der Waals surface area contributed by atoms with Gasteiger partial charge in [0.25, 0.3) is 0 Å². The highest BCUT2D eigenvalue weighted by molar-refractivity contribution is 5.98. The fourth-order valence-corrected chi connectivity index (χ4v) is 2.64. The molecule has 1 aliphatic carbocycles. The Morgan fingerprint density at radius 1 is 1.50 bits per heavy atom. The van der Waals surface area contributed by atoms with E-state index in [-0.39, 0.29) is 37.4 Å². The van der Waals surface area contributed by atoms with Crippen molar-refractivity contribution in [2.75, 3.05) is 7.11 Å². The number of alkyl halides is 2. The lowest BCUT2D eigenvalue weighted by molar-refractivity contribution is -0.0425. The molecule has 1 aromatic rings. The first-order chi connectivity index (χ1) is 9.48. The molecule has 0 spiro atoms. The maximum Gasteiger partial charge on any atom is 0.248 e. The number of carbonyl (C=O) groups excluding carboxylic acids is 1. The predicted octanol–water partition coefficient (Wildman–Crippen LogP) is 3.31. The lowest BCUT2D eigenvalue weighted by Gasteiger charge is -2.27. The number of ketones is 1. The zero-order chi connectivity index (χ0) is 14.8. The third kappa shape index (κ3) is 2.99. The largest absolute Gasteiger partial charge is 0.493 e. The van der Waals surface area contributed by atoms with Crippen molar-refractivity contribution in [2.45, 2.75) is 51.5 Å². The van der Waals surface area contributed by atoms with Crippen LogP contribution in [0.2, 0.25) is 0 Å². The molecule has 0 bridgehead atoms. The van der Waals surface area contributed by atoms with Crippen LogP contribution in [0.25, 0.3) is 0 Å². The minimum atomic E-state index is -2.62. The number of halogens is 2. The van der Waals surface area contributed by atoms with E-state index in [0.717, 1.165) is 6.42 Å². The van der Waals surface area contributed by atoms with Gasteiger partial charge in [0.1, 0.15) is 5.69 Å². The standard InChI is InChI=1S/C14H20F2N2O2/c1-3-8-18-12(11(20-2)9-17-18)13(19)10-4-6-14(15,16)7-5-10/h9-10H,3-8H2,1-2H3. The first-order valence-electron chi connectivity index (χ1n) is 7.00. The van der Waals surface area contributed by atoms with Crippen molar-refractivity contribution in [3.63, 3.8) is 0 Å². The Hall–Kier alpha value is -1.46. The van der Waals surface area contributed by atoms with Gasteiger partial charge in [-0.2, -0.15) is 5.10 Å². The lowest BCUT2D eigenvalue weighted by Crippen LogP contribution is -2.30. The van der Waals surface area contributed by atoms with Gasteiger partial charge in [-0.25, -0.2) is 8.78 Å². The number of carbonyl (C=O) groups is 1. The Morgan fingerprint density at radius 3 is 2.70 bits per heavy atom. The van der Waals surface area contributed by atoms with Crippen LogP contribution < -0.4 is 4.74 Å². The molecule has 0 N–H and O–H groups in total. The van der Waals surface area contributed by atoms with E-state index in [0.29, 0.717) is 18.0 Å². The number of ether oxygens (including phenoxy) is 1. The van der Waals surface area contributed by atoms with Crippen LogP contribution in [0.5, 0.6) is 5.75 Å². The Balaban J connectivity index is 2.18. The van der Waals surface area contributed by atoms with Crippen LogP contribution in [0, 0.1) is 5.92 Å². The number of aryl methyl sites for hydroxylation is 1. The molecule has 112 valence electrons. The zero-order valence-electron chi connectivity index (χ0n) is 11.9. The first kappa shape index (κ1) is 14.9. The normalized spacial score (nSPS) is 19.0. The molecule has 0 saturated heterocycles. The van der Waals surface area contributed by atoms with Crippen molar-refractivity contribution < 1.29 is 18.3 Å². The number of Topliss-reactive ketones (excluding diaryl/α,β-unsaturated/α-hetero) is 1. The van der Waals surface area contributed by atoms with Crippen LogP contribution in [0.3, 0.4) is 0 Å². The average molecular weight is 286 g/mol. The van der Waals surface area contributed by atoms with Gasteiger partial charge in [0.2, 0.25) is 5.92 Å². The Bertz CT molecular complexity index is 476. The quantitative estimate of drug-likeness (QED) is 0.780. The molecule has 20 heavy (non-hydrogen) atoms. The summed E-state index contributed by atoms with van der Waals surface area (Å²) in [5.41, 5.74) is 0.421. The van der Waals surface area contributed by atoms with Crippen LogP contribution in [0.4, 0.5) is 8.78 Å². The van der Waals surface area contributed by atoms with E-state index in [1.807, 2.05) is 6.92 Å². The molecule has 6 heteroatoms. The molecule has 0 amide bonds. The number of hydrogen-bond donors (Lipinski definition) is 0. The molecule has 0 atom stereocenters. The van der Waals surface area contributed by atoms with Gasteiger partial charge in [0.05, 0.1) is 13.3 Å². The van der Waals surface area contributed by atoms with Gasteiger partial charge in [0.15, 0.2) is 11.5 Å². The molecular formula is C14H20F2N2O2. The van der Waals surface area contributed by atoms with Crippen molar-refractivity contribution >= 4 is 5.78 Å². The summed E-state index contributed by atoms with van der Waals surface area (Å²) in [6.07, 6.45) is 2.38. The maximum atomic E-state index is 13.2. The van der Waals surface area contributed by atoms with Gasteiger partial charge >= 0.3 is 0 Å². The van der Waals surface area contributed by atoms with E-state index in [1.54, 1.807) is 4.68 Å². The molecule has 0 unspecified atom stereocenters. The van der Waals surface area contributed by atoms with E-state index in [9.17, 15) is 13.6 Å². The number of hydrogen-bond acceptors (Lipinski definition) is 3. The van der Waals surface area contributed by atoms with Crippen LogP contribution in [-0.4, -0.2) is 28.6 Å². The van der Waals surface area contributed by atoms with Gasteiger partial charge in [-0.3, -0.25) is 9.48 Å². The third-order valence-corrected chi connectivity index (χ3v) is 3.78. The lowest BCUT2D eigenvalue weighted by atomic mass is 9.83. The topological polar surface area (TPSA) is 44.1 Å². The van der Waals surface area contributed by atoms with E-state index in [1.165, 1.54) is 13.3 Å². The number of aromatic nitrogens is 2. The number of rotatable bonds is 5. The van der Waals surface area contributed by atoms with Gasteiger partial charge in [-0.15, -0.1) is 0 Å². The summed E-state index contributed by atoms with van der Waals surface area (Å²) in [6, 6.07) is 0. The van der Waals surface area contributed by atoms with Crippen LogP contribution in [0.15, 0.2) is 6.20 Å². The van der Waals surface area contributed by atoms with E-state index in [4.69, 9.17) is 4.74 Å². The van der Waals surface area contributed by atoms with E-state index >= 15 is 0 Å². The molecule has 1 fully saturated rings. The van der Waals surface area contributed by atoms with Gasteiger partial charge in [-0.1, -0.05) is 6.92 Å². The van der Waals surface area contributed by atoms with Crippen LogP contribution >= 0.6 is 0 Å². The summed E-state index contributed by atoms with van der Waals surface area (Å²) in [5, 5.41) is 4.14. The van der Waals surface area contributed by atoms with Crippen molar-refractivity contribution in [3.05, 3.63) is 11.9 Å². The minimum absolute atomic E-state index is 0.122. The number of nitrogens with zero attached hydrogens (tertiary/aromatic N) is 2. The maximum absolute atomic E-state index is 13.2. The summed E-state index contributed by atoms with van der Waals surface area (Å²) >= 11 is 0. The van der Waals surface area contributed by atoms with E-state index in [2.05, 4.69) is 5.10 Å². The second-order valence-corrected chi connectivity index (χ2v) is 5.28. The molecule has 1 aliphatic rings. The molecule has 0 radical (unpaired) electrons. The van der Waals surface area contributed by atoms with Crippen molar-refractivity contribution in [1.29, 1.82) is 0 Å². The van der Waals surface area contributed by atoms with Crippen molar-refractivity contribution in [2.24, 2.45) is 5.92 Å². The highest BCUT2D eigenvalue weighted by Crippen LogP contribution is 2.38. The molecule has 4 nitrogen and oxygen atoms in total. The average Bonchev–Trinajstić information content (AvgIpc) is 2.81. The zero-order valence-corrected chi connectivity index (χ0v) is 11.9. The monoisotopic (exact) mass is 286 g/mol. The fourth-order valence-electron chi connectivity index (χ4n) is 2.64. The SMILES string of the molecule is CCCn1ncc(OC)c1C(=O)C1CCC(F)(F)CC1. The second-order valence-electron chi connectivity index (χ2n) is 5.28. The summed E-state index contributed by atoms with van der Waals surface area (Å²) in [4.78, 5) is 12.6. The summed E-state index contributed by atoms with van der Waals surface area (Å²) in [5.74, 6) is -2.66. The van der Waals surface area contributed by atoms with Crippen LogP contribution in [-0.2, 0) is 6.54 Å². The molecule has 1 saturated carbocycles. The highest BCUT2D eigenvalue weighted by atomic mass is 19.3. The third-order valence-electron chi connectivity index (χ3n) is 3.78. The fraction of sp³-hybridized carbons (Fsp3) is 0.714. The molecular weight excluding hydrogens is 266 g/mol. The summed E-state index contributed by atoms with van der Waals surface area (Å²) in [7, 11) is 1.49. The molecule has 1 heterocycles. The highest BCUT2D eigenvalue weighted by Gasteiger charge is 2.39. The summed E-state index contributed by atoms with van der Waals surface area (Å²) in [6.45, 7) is 2.61. The van der Waals surface area contributed by atoms with Crippen molar-refractivity contribution in [1.82, 2.24) is 9.78 Å². The second kappa shape index (κ2) is 5.89. The summed E-state index contributed by atoms with van der Waals surface area (Å²) < 4.78 is 33.1. The molecule has 0 aliphatic heterocycles. The van der Waals surface area contributed by atoms with E-state index < -0.39 is 5.92 Å². The molecule has 2 rings (SSSR count). The Kier molecular flexibility index (Phi) is 4.40. The first-order valence-corrected chi connectivity index (χ1v) is 7.00. The Morgan fingerprint density at radius 2 is 2.15 bits per heavy atom. The molecule has 1 aromatic heterocycles. The Labute approximate surface area is 117 Å². The minimum Gasteiger partial charge on any atom is -0.493 e. The van der Waals surface area contributed by atoms with Gasteiger partial charge in [-0.05, 0) is 19.3 Å². The van der Waals surface area contributed by atoms with Crippen molar-refractivity contribution in [3.8, 4) is 5.75 Å². The van der Waals surface area contributed by atoms with Gasteiger partial charge < -0.3 is 4.74 Å².